The van der Waals surface area contributed by atoms with Gasteiger partial charge in [-0.05, 0) is 50.6 Å². The van der Waals surface area contributed by atoms with E-state index in [-0.39, 0.29) is 16.3 Å². The van der Waals surface area contributed by atoms with Crippen molar-refractivity contribution in [1.82, 2.24) is 14.8 Å². The number of nitrogens with zero attached hydrogens (tertiary/aromatic N) is 3. The summed E-state index contributed by atoms with van der Waals surface area (Å²) in [5, 5.41) is 9.31. The normalized spacial score (nSPS) is 12.8. The van der Waals surface area contributed by atoms with Crippen molar-refractivity contribution < 1.29 is 17.6 Å². The van der Waals surface area contributed by atoms with Gasteiger partial charge >= 0.3 is 0 Å². The zero-order chi connectivity index (χ0) is 24.1. The van der Waals surface area contributed by atoms with Gasteiger partial charge in [0.15, 0.2) is 11.2 Å². The maximum Gasteiger partial charge on any atom is 0.259 e. The Bertz CT molecular complexity index is 1560. The monoisotopic (exact) mass is 488 g/mol. The zero-order valence-corrected chi connectivity index (χ0v) is 19.9. The van der Waals surface area contributed by atoms with Gasteiger partial charge < -0.3 is 9.15 Å². The van der Waals surface area contributed by atoms with Gasteiger partial charge in [0, 0.05) is 24.4 Å². The van der Waals surface area contributed by atoms with Crippen molar-refractivity contribution in [3.05, 3.63) is 68.7 Å². The van der Waals surface area contributed by atoms with Gasteiger partial charge in [0.05, 0.1) is 17.1 Å². The number of aryl methyl sites for hydroxylation is 2. The van der Waals surface area contributed by atoms with Crippen LogP contribution >= 0.6 is 11.6 Å². The molecular formula is C22H21ClN4O5S. The standard InChI is InChI=1S/C22H21ClN4O5S/c1-11-7-15(13(3)31-17-5-6-18(23)26-22(17)33(24,29)30)21-16(8-11)19(28)12(2)20(32-21)14-9-25-27(4)10-14/h5-10,13H,1-4H3,(H2,24,29,30). The summed E-state index contributed by atoms with van der Waals surface area (Å²) < 4.78 is 37.7. The highest BCUT2D eigenvalue weighted by Crippen LogP contribution is 2.34. The van der Waals surface area contributed by atoms with E-state index < -0.39 is 21.2 Å². The number of pyridine rings is 1. The van der Waals surface area contributed by atoms with E-state index in [2.05, 4.69) is 10.1 Å². The molecule has 0 saturated heterocycles. The predicted molar refractivity (Wildman–Crippen MR) is 124 cm³/mol. The first kappa shape index (κ1) is 23.0. The van der Waals surface area contributed by atoms with Gasteiger partial charge in [-0.3, -0.25) is 9.48 Å². The maximum atomic E-state index is 13.2. The van der Waals surface area contributed by atoms with Gasteiger partial charge in [0.2, 0.25) is 5.03 Å². The third-order valence-electron chi connectivity index (χ3n) is 5.16. The number of benzene rings is 1. The summed E-state index contributed by atoms with van der Waals surface area (Å²) in [7, 11) is -2.42. The lowest BCUT2D eigenvalue weighted by atomic mass is 10.0. The Hall–Kier alpha value is -3.21. The van der Waals surface area contributed by atoms with Crippen LogP contribution in [0.3, 0.4) is 0 Å². The number of nitrogens with two attached hydrogens (primary N) is 1. The molecule has 0 aliphatic rings. The van der Waals surface area contributed by atoms with Crippen LogP contribution in [-0.4, -0.2) is 23.2 Å². The quantitative estimate of drug-likeness (QED) is 0.424. The zero-order valence-electron chi connectivity index (χ0n) is 18.3. The number of rotatable bonds is 5. The minimum Gasteiger partial charge on any atom is -0.483 e. The van der Waals surface area contributed by atoms with Crippen molar-refractivity contribution in [2.24, 2.45) is 12.2 Å². The molecule has 3 aromatic heterocycles. The molecular weight excluding hydrogens is 468 g/mol. The van der Waals surface area contributed by atoms with Gasteiger partial charge in [0.1, 0.15) is 22.6 Å². The molecule has 1 aromatic carbocycles. The second-order valence-electron chi connectivity index (χ2n) is 7.76. The molecule has 0 bridgehead atoms. The molecule has 4 rings (SSSR count). The van der Waals surface area contributed by atoms with Crippen molar-refractivity contribution in [3.63, 3.8) is 0 Å². The Morgan fingerprint density at radius 3 is 2.61 bits per heavy atom. The highest BCUT2D eigenvalue weighted by Gasteiger charge is 2.24. The molecule has 0 radical (unpaired) electrons. The highest BCUT2D eigenvalue weighted by atomic mass is 35.5. The number of aromatic nitrogens is 3. The molecule has 0 aliphatic carbocycles. The first-order valence-corrected chi connectivity index (χ1v) is 11.8. The van der Waals surface area contributed by atoms with Crippen LogP contribution in [0.15, 0.2) is 50.9 Å². The van der Waals surface area contributed by atoms with Gasteiger partial charge in [-0.1, -0.05) is 11.6 Å². The van der Waals surface area contributed by atoms with Crippen LogP contribution < -0.4 is 15.3 Å². The van der Waals surface area contributed by atoms with Crippen molar-refractivity contribution in [3.8, 4) is 17.1 Å². The molecule has 1 atom stereocenters. The third-order valence-corrected chi connectivity index (χ3v) is 6.20. The number of halogens is 1. The molecule has 0 spiro atoms. The third kappa shape index (κ3) is 4.37. The average Bonchev–Trinajstić information content (AvgIpc) is 3.17. The first-order chi connectivity index (χ1) is 15.5. The van der Waals surface area contributed by atoms with E-state index in [0.29, 0.717) is 33.4 Å². The Kier molecular flexibility index (Phi) is 5.77. The molecule has 172 valence electrons. The van der Waals surface area contributed by atoms with Crippen LogP contribution in [0, 0.1) is 13.8 Å². The van der Waals surface area contributed by atoms with E-state index in [1.54, 1.807) is 44.0 Å². The van der Waals surface area contributed by atoms with Crippen molar-refractivity contribution in [2.45, 2.75) is 31.9 Å². The SMILES string of the molecule is Cc1cc(C(C)Oc2ccc(Cl)nc2S(N)(=O)=O)c2oc(-c3cnn(C)c3)c(C)c(=O)c2c1. The van der Waals surface area contributed by atoms with Crippen LogP contribution in [0.4, 0.5) is 0 Å². The molecule has 3 heterocycles. The predicted octanol–water partition coefficient (Wildman–Crippen LogP) is 3.65. The van der Waals surface area contributed by atoms with Crippen LogP contribution in [0.1, 0.15) is 29.7 Å². The summed E-state index contributed by atoms with van der Waals surface area (Å²) in [6, 6.07) is 6.34. The molecule has 0 amide bonds. The Morgan fingerprint density at radius 2 is 1.97 bits per heavy atom. The fourth-order valence-corrected chi connectivity index (χ4v) is 4.46. The van der Waals surface area contributed by atoms with Crippen LogP contribution in [0.5, 0.6) is 5.75 Å². The Morgan fingerprint density at radius 1 is 1.24 bits per heavy atom. The van der Waals surface area contributed by atoms with Crippen molar-refractivity contribution >= 4 is 32.6 Å². The molecule has 2 N–H and O–H groups in total. The fourth-order valence-electron chi connectivity index (χ4n) is 3.64. The number of fused-ring (bicyclic) bond motifs is 1. The van der Waals surface area contributed by atoms with E-state index in [9.17, 15) is 13.2 Å². The van der Waals surface area contributed by atoms with Gasteiger partial charge in [0.25, 0.3) is 10.0 Å². The topological polar surface area (TPSA) is 130 Å². The van der Waals surface area contributed by atoms with Gasteiger partial charge in [-0.15, -0.1) is 0 Å². The van der Waals surface area contributed by atoms with Crippen LogP contribution in [0.2, 0.25) is 5.15 Å². The molecule has 9 nitrogen and oxygen atoms in total. The lowest BCUT2D eigenvalue weighted by molar-refractivity contribution is 0.219. The number of primary sulfonamides is 1. The number of hydrogen-bond donors (Lipinski definition) is 1. The average molecular weight is 489 g/mol. The second kappa shape index (κ2) is 8.29. The number of hydrogen-bond acceptors (Lipinski definition) is 7. The van der Waals surface area contributed by atoms with E-state index >= 15 is 0 Å². The molecule has 11 heteroatoms. The van der Waals surface area contributed by atoms with Crippen LogP contribution in [-0.2, 0) is 17.1 Å². The number of sulfonamides is 1. The summed E-state index contributed by atoms with van der Waals surface area (Å²) >= 11 is 5.84. The highest BCUT2D eigenvalue weighted by molar-refractivity contribution is 7.89. The van der Waals surface area contributed by atoms with E-state index in [4.69, 9.17) is 25.9 Å². The molecule has 33 heavy (non-hydrogen) atoms. The molecule has 0 aliphatic heterocycles. The van der Waals surface area contributed by atoms with Gasteiger partial charge in [-0.2, -0.15) is 5.10 Å². The molecule has 4 aromatic rings. The number of ether oxygens (including phenoxy) is 1. The van der Waals surface area contributed by atoms with Gasteiger partial charge in [-0.25, -0.2) is 18.5 Å². The molecule has 1 unspecified atom stereocenters. The Labute approximate surface area is 194 Å². The summed E-state index contributed by atoms with van der Waals surface area (Å²) in [6.45, 7) is 5.26. The van der Waals surface area contributed by atoms with Crippen LogP contribution in [0.25, 0.3) is 22.3 Å². The lowest BCUT2D eigenvalue weighted by Crippen LogP contribution is -2.17. The second-order valence-corrected chi connectivity index (χ2v) is 9.63. The summed E-state index contributed by atoms with van der Waals surface area (Å²) in [6.07, 6.45) is 2.65. The first-order valence-electron chi connectivity index (χ1n) is 9.88. The molecule has 0 saturated carbocycles. The minimum absolute atomic E-state index is 0.0392. The van der Waals surface area contributed by atoms with Crippen molar-refractivity contribution in [2.75, 3.05) is 0 Å². The van der Waals surface area contributed by atoms with E-state index in [0.717, 1.165) is 5.56 Å². The van der Waals surface area contributed by atoms with Crippen molar-refractivity contribution in [1.29, 1.82) is 0 Å². The fraction of sp³-hybridized carbons (Fsp3) is 0.227. The van der Waals surface area contributed by atoms with E-state index in [1.807, 2.05) is 13.0 Å². The Balaban J connectivity index is 1.89. The summed E-state index contributed by atoms with van der Waals surface area (Å²) in [5.41, 5.74) is 2.65. The lowest BCUT2D eigenvalue weighted by Gasteiger charge is -2.19. The summed E-state index contributed by atoms with van der Waals surface area (Å²) in [4.78, 5) is 17.0. The largest absolute Gasteiger partial charge is 0.483 e. The summed E-state index contributed by atoms with van der Waals surface area (Å²) in [5.74, 6) is 0.335. The van der Waals surface area contributed by atoms with E-state index in [1.165, 1.54) is 12.1 Å². The smallest absolute Gasteiger partial charge is 0.259 e. The minimum atomic E-state index is -4.19. The maximum absolute atomic E-state index is 13.2. The molecule has 0 fully saturated rings.